The molecule has 10 heteroatoms. The van der Waals surface area contributed by atoms with Crippen molar-refractivity contribution in [2.24, 2.45) is 0 Å². The summed E-state index contributed by atoms with van der Waals surface area (Å²) in [5.41, 5.74) is 1.50. The molecule has 0 spiro atoms. The van der Waals surface area contributed by atoms with Crippen molar-refractivity contribution in [3.05, 3.63) is 42.5 Å². The second-order valence-corrected chi connectivity index (χ2v) is 7.72. The second-order valence-electron chi connectivity index (χ2n) is 5.76. The normalized spacial score (nSPS) is 10.8. The molecule has 0 radical (unpaired) electrons. The Morgan fingerprint density at radius 3 is 2.86 bits per heavy atom. The van der Waals surface area contributed by atoms with Crippen molar-refractivity contribution in [1.29, 1.82) is 0 Å². The van der Waals surface area contributed by atoms with E-state index in [9.17, 15) is 4.79 Å². The van der Waals surface area contributed by atoms with E-state index in [1.807, 2.05) is 42.5 Å². The van der Waals surface area contributed by atoms with Crippen LogP contribution in [0.2, 0.25) is 0 Å². The largest absolute Gasteiger partial charge is 0.497 e. The van der Waals surface area contributed by atoms with E-state index in [4.69, 9.17) is 13.9 Å². The average Bonchev–Trinajstić information content (AvgIpc) is 3.38. The maximum atomic E-state index is 12.3. The van der Waals surface area contributed by atoms with E-state index >= 15 is 0 Å². The highest BCUT2D eigenvalue weighted by atomic mass is 32.2. The Kier molecular flexibility index (Phi) is 5.63. The second kappa shape index (κ2) is 8.50. The number of hydrogen-bond donors (Lipinski definition) is 1. The van der Waals surface area contributed by atoms with Crippen molar-refractivity contribution in [1.82, 2.24) is 15.2 Å². The van der Waals surface area contributed by atoms with Gasteiger partial charge in [0.15, 0.2) is 5.13 Å². The first kappa shape index (κ1) is 19.2. The minimum atomic E-state index is -0.210. The third kappa shape index (κ3) is 4.33. The van der Waals surface area contributed by atoms with E-state index < -0.39 is 0 Å². The Bertz CT molecular complexity index is 1160. The summed E-state index contributed by atoms with van der Waals surface area (Å²) in [6.07, 6.45) is 0. The van der Waals surface area contributed by atoms with Gasteiger partial charge in [-0.3, -0.25) is 4.79 Å². The van der Waals surface area contributed by atoms with E-state index in [1.54, 1.807) is 14.2 Å². The molecule has 4 rings (SSSR count). The molecule has 1 N–H and O–H groups in total. The van der Waals surface area contributed by atoms with Gasteiger partial charge < -0.3 is 19.2 Å². The van der Waals surface area contributed by atoms with Gasteiger partial charge in [0.1, 0.15) is 11.5 Å². The number of amides is 1. The molecule has 1 amide bonds. The van der Waals surface area contributed by atoms with Gasteiger partial charge in [0.05, 0.1) is 35.8 Å². The monoisotopic (exact) mass is 428 g/mol. The van der Waals surface area contributed by atoms with E-state index in [1.165, 1.54) is 11.3 Å². The molecule has 4 aromatic rings. The van der Waals surface area contributed by atoms with Gasteiger partial charge in [-0.1, -0.05) is 35.2 Å². The van der Waals surface area contributed by atoms with Crippen LogP contribution < -0.4 is 14.8 Å². The van der Waals surface area contributed by atoms with Crippen molar-refractivity contribution in [2.75, 3.05) is 25.3 Å². The lowest BCUT2D eigenvalue weighted by Gasteiger charge is -2.03. The lowest BCUT2D eigenvalue weighted by molar-refractivity contribution is -0.113. The number of para-hydroxylation sites is 1. The van der Waals surface area contributed by atoms with E-state index in [-0.39, 0.29) is 11.7 Å². The molecule has 0 bridgehead atoms. The Labute approximate surface area is 174 Å². The number of benzene rings is 2. The average molecular weight is 428 g/mol. The summed E-state index contributed by atoms with van der Waals surface area (Å²) in [6, 6.07) is 12.9. The fourth-order valence-corrected chi connectivity index (χ4v) is 4.04. The van der Waals surface area contributed by atoms with Gasteiger partial charge in [0.2, 0.25) is 5.91 Å². The number of hydrogen-bond acceptors (Lipinski definition) is 9. The van der Waals surface area contributed by atoms with Crippen LogP contribution in [0.25, 0.3) is 21.7 Å². The molecule has 0 unspecified atom stereocenters. The SMILES string of the molecule is COc1ccc2nc(NC(=O)CSc3nnc(-c4ccccc4OC)o3)sc2c1. The number of methoxy groups -OCH3 is 2. The van der Waals surface area contributed by atoms with Crippen LogP contribution in [0, 0.1) is 0 Å². The van der Waals surface area contributed by atoms with Crippen LogP contribution in [0.1, 0.15) is 0 Å². The number of ether oxygens (including phenoxy) is 2. The number of carbonyl (C=O) groups excluding carboxylic acids is 1. The quantitative estimate of drug-likeness (QED) is 0.439. The first-order valence-corrected chi connectivity index (χ1v) is 10.3. The van der Waals surface area contributed by atoms with Crippen LogP contribution in [0.4, 0.5) is 5.13 Å². The minimum absolute atomic E-state index is 0.118. The zero-order chi connectivity index (χ0) is 20.2. The Balaban J connectivity index is 1.38. The molecule has 0 aliphatic carbocycles. The van der Waals surface area contributed by atoms with Crippen molar-refractivity contribution in [2.45, 2.75) is 5.22 Å². The van der Waals surface area contributed by atoms with E-state index in [2.05, 4.69) is 20.5 Å². The molecule has 0 saturated heterocycles. The summed E-state index contributed by atoms with van der Waals surface area (Å²) in [4.78, 5) is 16.7. The van der Waals surface area contributed by atoms with Crippen LogP contribution in [0.15, 0.2) is 52.1 Å². The molecule has 0 aliphatic heterocycles. The van der Waals surface area contributed by atoms with Crippen molar-refractivity contribution in [3.63, 3.8) is 0 Å². The van der Waals surface area contributed by atoms with Gasteiger partial charge >= 0.3 is 0 Å². The standard InChI is InChI=1S/C19H16N4O4S2/c1-25-11-7-8-13-15(9-11)29-18(20-13)21-16(24)10-28-19-23-22-17(27-19)12-5-3-4-6-14(12)26-2/h3-9H,10H2,1-2H3,(H,20,21,24). The first-order chi connectivity index (χ1) is 14.2. The molecular formula is C19H16N4O4S2. The number of thioether (sulfide) groups is 1. The fraction of sp³-hybridized carbons (Fsp3) is 0.158. The Hall–Kier alpha value is -3.11. The predicted octanol–water partition coefficient (Wildman–Crippen LogP) is 4.09. The number of rotatable bonds is 7. The van der Waals surface area contributed by atoms with Gasteiger partial charge in [-0.2, -0.15) is 0 Å². The number of aromatic nitrogens is 3. The van der Waals surface area contributed by atoms with Gasteiger partial charge in [-0.15, -0.1) is 10.2 Å². The zero-order valence-corrected chi connectivity index (χ0v) is 17.2. The van der Waals surface area contributed by atoms with Crippen LogP contribution in [0.5, 0.6) is 11.5 Å². The molecule has 0 saturated carbocycles. The van der Waals surface area contributed by atoms with Gasteiger partial charge in [0, 0.05) is 0 Å². The molecule has 2 aromatic carbocycles. The van der Waals surface area contributed by atoms with Crippen molar-refractivity contribution in [3.8, 4) is 23.0 Å². The number of anilines is 1. The number of thiazole rings is 1. The summed E-state index contributed by atoms with van der Waals surface area (Å²) >= 11 is 2.54. The molecule has 148 valence electrons. The summed E-state index contributed by atoms with van der Waals surface area (Å²) in [5.74, 6) is 1.63. The molecular weight excluding hydrogens is 412 g/mol. The Morgan fingerprint density at radius 1 is 1.17 bits per heavy atom. The fourth-order valence-electron chi connectivity index (χ4n) is 2.57. The van der Waals surface area contributed by atoms with Gasteiger partial charge in [-0.05, 0) is 30.3 Å². The summed E-state index contributed by atoms with van der Waals surface area (Å²) in [6.45, 7) is 0. The summed E-state index contributed by atoms with van der Waals surface area (Å²) in [7, 11) is 3.19. The van der Waals surface area contributed by atoms with Crippen molar-refractivity contribution >= 4 is 44.4 Å². The molecule has 0 aliphatic rings. The topological polar surface area (TPSA) is 99.4 Å². The molecule has 8 nitrogen and oxygen atoms in total. The number of nitrogens with zero attached hydrogens (tertiary/aromatic N) is 3. The van der Waals surface area contributed by atoms with Crippen LogP contribution in [0.3, 0.4) is 0 Å². The summed E-state index contributed by atoms with van der Waals surface area (Å²) < 4.78 is 17.1. The third-order valence-corrected chi connectivity index (χ3v) is 5.66. The van der Waals surface area contributed by atoms with Crippen LogP contribution in [-0.2, 0) is 4.79 Å². The van der Waals surface area contributed by atoms with Crippen molar-refractivity contribution < 1.29 is 18.7 Å². The first-order valence-electron chi connectivity index (χ1n) is 8.50. The predicted molar refractivity (Wildman–Crippen MR) is 112 cm³/mol. The molecule has 0 fully saturated rings. The number of carbonyl (C=O) groups is 1. The lowest BCUT2D eigenvalue weighted by Crippen LogP contribution is -2.13. The maximum Gasteiger partial charge on any atom is 0.277 e. The van der Waals surface area contributed by atoms with E-state index in [0.29, 0.717) is 27.6 Å². The van der Waals surface area contributed by atoms with Gasteiger partial charge in [-0.25, -0.2) is 4.98 Å². The number of fused-ring (bicyclic) bond motifs is 1. The molecule has 29 heavy (non-hydrogen) atoms. The van der Waals surface area contributed by atoms with Crippen LogP contribution >= 0.6 is 23.1 Å². The Morgan fingerprint density at radius 2 is 2.03 bits per heavy atom. The minimum Gasteiger partial charge on any atom is -0.497 e. The van der Waals surface area contributed by atoms with Gasteiger partial charge in [0.25, 0.3) is 11.1 Å². The highest BCUT2D eigenvalue weighted by Gasteiger charge is 2.15. The number of nitrogens with one attached hydrogen (secondary N) is 1. The van der Waals surface area contributed by atoms with Crippen LogP contribution in [-0.4, -0.2) is 41.1 Å². The highest BCUT2D eigenvalue weighted by molar-refractivity contribution is 7.99. The molecule has 2 aromatic heterocycles. The molecule has 0 atom stereocenters. The highest BCUT2D eigenvalue weighted by Crippen LogP contribution is 2.31. The maximum absolute atomic E-state index is 12.3. The van der Waals surface area contributed by atoms with E-state index in [0.717, 1.165) is 27.7 Å². The summed E-state index contributed by atoms with van der Waals surface area (Å²) in [5, 5.41) is 11.6. The smallest absolute Gasteiger partial charge is 0.277 e. The zero-order valence-electron chi connectivity index (χ0n) is 15.5. The third-order valence-electron chi connectivity index (χ3n) is 3.91. The molecule has 2 heterocycles. The lowest BCUT2D eigenvalue weighted by atomic mass is 10.2.